The molecule has 0 aromatic carbocycles. The number of hydrogen-bond acceptors (Lipinski definition) is 2. The first-order valence-corrected chi connectivity index (χ1v) is 2.70. The Morgan fingerprint density at radius 3 is 2.67 bits per heavy atom. The minimum atomic E-state index is 0.178. The molecular weight excluding hydrogens is 118 g/mol. The maximum atomic E-state index is 9.66. The van der Waals surface area contributed by atoms with Crippen molar-refractivity contribution in [1.82, 2.24) is 5.43 Å². The summed E-state index contributed by atoms with van der Waals surface area (Å²) in [7, 11) is 0. The average Bonchev–Trinajstić information content (AvgIpc) is 1.82. The molecular formula is C5H11N3O. The van der Waals surface area contributed by atoms with Crippen molar-refractivity contribution < 1.29 is 4.79 Å². The highest BCUT2D eigenvalue weighted by Gasteiger charge is 1.96. The van der Waals surface area contributed by atoms with Gasteiger partial charge in [0.25, 0.3) is 0 Å². The number of carbonyl (C=O) groups excluding carboxylic acids is 1. The molecule has 0 unspecified atom stereocenters. The molecule has 1 amide bonds. The van der Waals surface area contributed by atoms with Gasteiger partial charge in [-0.1, -0.05) is 13.8 Å². The molecule has 0 bridgehead atoms. The van der Waals surface area contributed by atoms with Gasteiger partial charge >= 0.3 is 0 Å². The van der Waals surface area contributed by atoms with Gasteiger partial charge in [-0.2, -0.15) is 5.10 Å². The zero-order valence-electron chi connectivity index (χ0n) is 5.59. The van der Waals surface area contributed by atoms with Crippen LogP contribution in [0.3, 0.4) is 0 Å². The highest BCUT2D eigenvalue weighted by Crippen LogP contribution is 1.88. The summed E-state index contributed by atoms with van der Waals surface area (Å²) in [5.41, 5.74) is 7.44. The van der Waals surface area contributed by atoms with Gasteiger partial charge in [-0.25, -0.2) is 5.43 Å². The van der Waals surface area contributed by atoms with Crippen LogP contribution < -0.4 is 11.2 Å². The lowest BCUT2D eigenvalue weighted by molar-refractivity contribution is -0.109. The van der Waals surface area contributed by atoms with Gasteiger partial charge < -0.3 is 5.73 Å². The van der Waals surface area contributed by atoms with Crippen LogP contribution in [0, 0.1) is 5.92 Å². The van der Waals surface area contributed by atoms with Gasteiger partial charge in [0.1, 0.15) is 5.84 Å². The number of nitrogens with one attached hydrogen (secondary N) is 1. The predicted octanol–water partition coefficient (Wildman–Crippen LogP) is -0.339. The van der Waals surface area contributed by atoms with E-state index in [1.165, 1.54) is 0 Å². The van der Waals surface area contributed by atoms with Crippen LogP contribution in [0.4, 0.5) is 0 Å². The third-order valence-electron chi connectivity index (χ3n) is 0.838. The van der Waals surface area contributed by atoms with Crippen molar-refractivity contribution >= 4 is 12.2 Å². The summed E-state index contributed by atoms with van der Waals surface area (Å²) >= 11 is 0. The SMILES string of the molecule is CC(C)/C(N)=N/NC=O. The van der Waals surface area contributed by atoms with Crippen molar-refractivity contribution in [2.75, 3.05) is 0 Å². The highest BCUT2D eigenvalue weighted by atomic mass is 16.1. The number of nitrogens with two attached hydrogens (primary N) is 1. The average molecular weight is 129 g/mol. The lowest BCUT2D eigenvalue weighted by Crippen LogP contribution is -2.22. The van der Waals surface area contributed by atoms with Crippen molar-refractivity contribution in [2.24, 2.45) is 16.8 Å². The van der Waals surface area contributed by atoms with E-state index in [0.717, 1.165) is 0 Å². The summed E-state index contributed by atoms with van der Waals surface area (Å²) < 4.78 is 0. The zero-order valence-corrected chi connectivity index (χ0v) is 5.59. The second kappa shape index (κ2) is 3.88. The van der Waals surface area contributed by atoms with E-state index >= 15 is 0 Å². The monoisotopic (exact) mass is 129 g/mol. The van der Waals surface area contributed by atoms with Crippen molar-refractivity contribution in [1.29, 1.82) is 0 Å². The molecule has 0 aliphatic rings. The summed E-state index contributed by atoms with van der Waals surface area (Å²) in [4.78, 5) is 9.66. The van der Waals surface area contributed by atoms with Gasteiger partial charge in [0.2, 0.25) is 6.41 Å². The Morgan fingerprint density at radius 2 is 2.33 bits per heavy atom. The predicted molar refractivity (Wildman–Crippen MR) is 35.7 cm³/mol. The zero-order chi connectivity index (χ0) is 7.28. The molecule has 3 N–H and O–H groups in total. The van der Waals surface area contributed by atoms with Crippen LogP contribution in [0.25, 0.3) is 0 Å². The van der Waals surface area contributed by atoms with Gasteiger partial charge in [0.05, 0.1) is 0 Å². The Morgan fingerprint density at radius 1 is 1.78 bits per heavy atom. The third kappa shape index (κ3) is 3.52. The lowest BCUT2D eigenvalue weighted by atomic mass is 10.2. The molecule has 0 aromatic heterocycles. The van der Waals surface area contributed by atoms with E-state index < -0.39 is 0 Å². The van der Waals surface area contributed by atoms with Gasteiger partial charge in [-0.05, 0) is 0 Å². The fourth-order valence-electron chi connectivity index (χ4n) is 0.230. The lowest BCUT2D eigenvalue weighted by Gasteiger charge is -2.00. The minimum absolute atomic E-state index is 0.178. The number of carbonyl (C=O) groups is 1. The second-order valence-electron chi connectivity index (χ2n) is 1.94. The third-order valence-corrected chi connectivity index (χ3v) is 0.838. The number of rotatable bonds is 3. The fraction of sp³-hybridized carbons (Fsp3) is 0.600. The maximum absolute atomic E-state index is 9.66. The molecule has 4 heteroatoms. The largest absolute Gasteiger partial charge is 0.385 e. The van der Waals surface area contributed by atoms with Crippen molar-refractivity contribution in [3.05, 3.63) is 0 Å². The van der Waals surface area contributed by atoms with E-state index in [0.29, 0.717) is 12.2 Å². The Bertz CT molecular complexity index is 119. The summed E-state index contributed by atoms with van der Waals surface area (Å²) in [6.07, 6.45) is 0.481. The highest BCUT2D eigenvalue weighted by molar-refractivity contribution is 5.82. The molecule has 9 heavy (non-hydrogen) atoms. The smallest absolute Gasteiger partial charge is 0.227 e. The quantitative estimate of drug-likeness (QED) is 0.237. The molecule has 0 saturated carbocycles. The number of hydrazone groups is 1. The Kier molecular flexibility index (Phi) is 3.43. The number of amidine groups is 1. The van der Waals surface area contributed by atoms with Crippen LogP contribution in [0.2, 0.25) is 0 Å². The second-order valence-corrected chi connectivity index (χ2v) is 1.94. The van der Waals surface area contributed by atoms with E-state index in [4.69, 9.17) is 5.73 Å². The first-order valence-electron chi connectivity index (χ1n) is 2.70. The Balaban J connectivity index is 3.68. The minimum Gasteiger partial charge on any atom is -0.385 e. The summed E-state index contributed by atoms with van der Waals surface area (Å²) in [5, 5.41) is 3.52. The van der Waals surface area contributed by atoms with Crippen LogP contribution in [0.1, 0.15) is 13.8 Å². The number of hydrogen-bond donors (Lipinski definition) is 2. The number of amides is 1. The standard InChI is InChI=1S/C5H11N3O/c1-4(2)5(6)8-7-3-9/h3-4H,1-2H3,(H2,6,8)(H,7,9). The first-order chi connectivity index (χ1) is 4.18. The molecule has 4 nitrogen and oxygen atoms in total. The van der Waals surface area contributed by atoms with E-state index in [-0.39, 0.29) is 5.92 Å². The Labute approximate surface area is 54.1 Å². The van der Waals surface area contributed by atoms with Crippen LogP contribution in [-0.4, -0.2) is 12.2 Å². The summed E-state index contributed by atoms with van der Waals surface area (Å²) in [5.74, 6) is 0.611. The summed E-state index contributed by atoms with van der Waals surface area (Å²) in [6.45, 7) is 3.79. The van der Waals surface area contributed by atoms with Crippen LogP contribution in [0.15, 0.2) is 5.10 Å². The van der Waals surface area contributed by atoms with Gasteiger partial charge in [-0.15, -0.1) is 0 Å². The Hall–Kier alpha value is -1.06. The summed E-state index contributed by atoms with van der Waals surface area (Å²) in [6, 6.07) is 0. The van der Waals surface area contributed by atoms with Crippen LogP contribution in [0.5, 0.6) is 0 Å². The fourth-order valence-corrected chi connectivity index (χ4v) is 0.230. The molecule has 0 spiro atoms. The number of nitrogens with zero attached hydrogens (tertiary/aromatic N) is 1. The molecule has 0 aliphatic carbocycles. The molecule has 0 aliphatic heterocycles. The van der Waals surface area contributed by atoms with Gasteiger partial charge in [-0.3, -0.25) is 4.79 Å². The molecule has 0 saturated heterocycles. The normalized spacial score (nSPS) is 11.7. The molecule has 0 fully saturated rings. The van der Waals surface area contributed by atoms with Crippen molar-refractivity contribution in [2.45, 2.75) is 13.8 Å². The van der Waals surface area contributed by atoms with E-state index in [2.05, 4.69) is 10.5 Å². The molecule has 0 radical (unpaired) electrons. The van der Waals surface area contributed by atoms with Crippen LogP contribution >= 0.6 is 0 Å². The molecule has 0 aromatic rings. The topological polar surface area (TPSA) is 67.5 Å². The van der Waals surface area contributed by atoms with E-state index in [1.807, 2.05) is 13.8 Å². The molecule has 0 heterocycles. The van der Waals surface area contributed by atoms with Gasteiger partial charge in [0, 0.05) is 5.92 Å². The van der Waals surface area contributed by atoms with E-state index in [9.17, 15) is 4.79 Å². The maximum Gasteiger partial charge on any atom is 0.227 e. The molecule has 0 atom stereocenters. The van der Waals surface area contributed by atoms with Crippen LogP contribution in [-0.2, 0) is 4.79 Å². The molecule has 0 rings (SSSR count). The van der Waals surface area contributed by atoms with Crippen molar-refractivity contribution in [3.8, 4) is 0 Å². The molecule has 52 valence electrons. The van der Waals surface area contributed by atoms with Gasteiger partial charge in [0.15, 0.2) is 0 Å². The van der Waals surface area contributed by atoms with E-state index in [1.54, 1.807) is 0 Å². The first kappa shape index (κ1) is 7.94. The van der Waals surface area contributed by atoms with Crippen molar-refractivity contribution in [3.63, 3.8) is 0 Å².